The number of fused-ring (bicyclic) bond motifs is 5. The zero-order valence-corrected chi connectivity index (χ0v) is 17.7. The molecule has 2 saturated carbocycles. The average molecular weight is 419 g/mol. The van der Waals surface area contributed by atoms with Crippen molar-refractivity contribution < 1.29 is 13.9 Å². The first-order valence-electron chi connectivity index (χ1n) is 11.2. The first-order chi connectivity index (χ1) is 14.9. The number of nitriles is 1. The number of ether oxygens (including phenoxy) is 1. The molecule has 0 radical (unpaired) electrons. The van der Waals surface area contributed by atoms with Gasteiger partial charge >= 0.3 is 0 Å². The molecule has 3 aliphatic rings. The summed E-state index contributed by atoms with van der Waals surface area (Å²) in [6.07, 6.45) is 6.03. The third-order valence-corrected chi connectivity index (χ3v) is 8.29. The van der Waals surface area contributed by atoms with Crippen LogP contribution in [0.2, 0.25) is 0 Å². The van der Waals surface area contributed by atoms with Crippen molar-refractivity contribution in [3.05, 3.63) is 64.5 Å². The zero-order chi connectivity index (χ0) is 21.8. The SMILES string of the molecule is C[C@]12CCC3c4ccc(C#N)c(F)c4CCC3C1CCC2Oc1ccc(C(N)=O)cc1. The van der Waals surface area contributed by atoms with E-state index < -0.39 is 5.91 Å². The number of carbonyl (C=O) groups excluding carboxylic acids is 1. The summed E-state index contributed by atoms with van der Waals surface area (Å²) in [6.45, 7) is 2.36. The molecule has 0 bridgehead atoms. The van der Waals surface area contributed by atoms with Crippen LogP contribution in [0.25, 0.3) is 0 Å². The number of carbonyl (C=O) groups is 1. The highest BCUT2D eigenvalue weighted by Crippen LogP contribution is 2.61. The summed E-state index contributed by atoms with van der Waals surface area (Å²) >= 11 is 0. The maximum Gasteiger partial charge on any atom is 0.248 e. The van der Waals surface area contributed by atoms with Gasteiger partial charge in [-0.25, -0.2) is 4.39 Å². The number of primary amides is 1. The van der Waals surface area contributed by atoms with Gasteiger partial charge in [0.25, 0.3) is 0 Å². The molecule has 3 aliphatic carbocycles. The molecular formula is C26H27FN2O2. The van der Waals surface area contributed by atoms with Gasteiger partial charge in [0.2, 0.25) is 5.91 Å². The topological polar surface area (TPSA) is 76.1 Å². The number of amides is 1. The molecule has 0 spiro atoms. The number of halogens is 1. The fraction of sp³-hybridized carbons (Fsp3) is 0.462. The van der Waals surface area contributed by atoms with E-state index in [1.54, 1.807) is 18.2 Å². The third kappa shape index (κ3) is 3.12. The Kier molecular flexibility index (Phi) is 4.77. The van der Waals surface area contributed by atoms with E-state index in [1.165, 1.54) is 0 Å². The Morgan fingerprint density at radius 1 is 1.16 bits per heavy atom. The lowest BCUT2D eigenvalue weighted by Crippen LogP contribution is -2.45. The van der Waals surface area contributed by atoms with Crippen molar-refractivity contribution >= 4 is 5.91 Å². The maximum atomic E-state index is 14.8. The minimum atomic E-state index is -0.436. The van der Waals surface area contributed by atoms with Crippen LogP contribution in [0.3, 0.4) is 0 Å². The normalized spacial score (nSPS) is 31.1. The molecule has 0 aliphatic heterocycles. The number of benzene rings is 2. The molecular weight excluding hydrogens is 391 g/mol. The van der Waals surface area contributed by atoms with E-state index in [1.807, 2.05) is 24.3 Å². The molecule has 5 atom stereocenters. The van der Waals surface area contributed by atoms with Crippen molar-refractivity contribution in [3.63, 3.8) is 0 Å². The van der Waals surface area contributed by atoms with Gasteiger partial charge < -0.3 is 10.5 Å². The first-order valence-corrected chi connectivity index (χ1v) is 11.2. The third-order valence-electron chi connectivity index (χ3n) is 8.29. The van der Waals surface area contributed by atoms with E-state index in [0.29, 0.717) is 29.7 Å². The van der Waals surface area contributed by atoms with Gasteiger partial charge in [-0.3, -0.25) is 4.79 Å². The molecule has 2 aromatic carbocycles. The van der Waals surface area contributed by atoms with Gasteiger partial charge in [-0.2, -0.15) is 5.26 Å². The molecule has 160 valence electrons. The van der Waals surface area contributed by atoms with Gasteiger partial charge in [0.1, 0.15) is 23.7 Å². The second-order valence-corrected chi connectivity index (χ2v) is 9.64. The fourth-order valence-electron chi connectivity index (χ4n) is 6.72. The smallest absolute Gasteiger partial charge is 0.248 e. The summed E-state index contributed by atoms with van der Waals surface area (Å²) in [5.74, 6) is 1.49. The van der Waals surface area contributed by atoms with E-state index in [9.17, 15) is 14.4 Å². The molecule has 0 aromatic heterocycles. The second kappa shape index (κ2) is 7.37. The predicted molar refractivity (Wildman–Crippen MR) is 115 cm³/mol. The molecule has 0 heterocycles. The van der Waals surface area contributed by atoms with Crippen molar-refractivity contribution in [2.45, 2.75) is 57.5 Å². The van der Waals surface area contributed by atoms with Crippen molar-refractivity contribution in [2.75, 3.05) is 0 Å². The van der Waals surface area contributed by atoms with E-state index in [2.05, 4.69) is 6.92 Å². The highest BCUT2D eigenvalue weighted by Gasteiger charge is 2.56. The van der Waals surface area contributed by atoms with Crippen LogP contribution in [-0.2, 0) is 6.42 Å². The lowest BCUT2D eigenvalue weighted by atomic mass is 9.55. The van der Waals surface area contributed by atoms with Crippen molar-refractivity contribution in [2.24, 2.45) is 23.0 Å². The molecule has 0 saturated heterocycles. The number of rotatable bonds is 3. The summed E-state index contributed by atoms with van der Waals surface area (Å²) in [5.41, 5.74) is 7.97. The fourth-order valence-corrected chi connectivity index (χ4v) is 6.72. The van der Waals surface area contributed by atoms with Crippen molar-refractivity contribution in [1.82, 2.24) is 0 Å². The van der Waals surface area contributed by atoms with Crippen molar-refractivity contribution in [3.8, 4) is 11.8 Å². The van der Waals surface area contributed by atoms with Gasteiger partial charge in [0, 0.05) is 11.0 Å². The van der Waals surface area contributed by atoms with Crippen LogP contribution in [0.15, 0.2) is 36.4 Å². The Morgan fingerprint density at radius 2 is 1.94 bits per heavy atom. The average Bonchev–Trinajstić information content (AvgIpc) is 3.10. The van der Waals surface area contributed by atoms with E-state index in [-0.39, 0.29) is 22.9 Å². The molecule has 2 N–H and O–H groups in total. The van der Waals surface area contributed by atoms with Gasteiger partial charge in [-0.1, -0.05) is 13.0 Å². The van der Waals surface area contributed by atoms with Crippen LogP contribution >= 0.6 is 0 Å². The Bertz CT molecular complexity index is 1070. The lowest BCUT2D eigenvalue weighted by Gasteiger charge is -2.50. The Hall–Kier alpha value is -2.87. The van der Waals surface area contributed by atoms with Crippen LogP contribution in [0.1, 0.15) is 72.0 Å². The number of nitrogens with zero attached hydrogens (tertiary/aromatic N) is 1. The molecule has 4 nitrogen and oxygen atoms in total. The molecule has 31 heavy (non-hydrogen) atoms. The van der Waals surface area contributed by atoms with Crippen LogP contribution < -0.4 is 10.5 Å². The quantitative estimate of drug-likeness (QED) is 0.753. The van der Waals surface area contributed by atoms with Crippen LogP contribution in [0, 0.1) is 34.4 Å². The second-order valence-electron chi connectivity index (χ2n) is 9.64. The maximum absolute atomic E-state index is 14.8. The van der Waals surface area contributed by atoms with E-state index in [0.717, 1.165) is 49.0 Å². The van der Waals surface area contributed by atoms with Crippen molar-refractivity contribution in [1.29, 1.82) is 5.26 Å². The Balaban J connectivity index is 1.38. The highest BCUT2D eigenvalue weighted by molar-refractivity contribution is 5.92. The van der Waals surface area contributed by atoms with E-state index in [4.69, 9.17) is 10.5 Å². The molecule has 1 amide bonds. The minimum Gasteiger partial charge on any atom is -0.490 e. The summed E-state index contributed by atoms with van der Waals surface area (Å²) in [7, 11) is 0. The standard InChI is InChI=1S/C26H27FN2O2/c1-26-13-12-19-18-7-4-16(14-28)24(27)21(18)9-8-20(19)22(26)10-11-23(26)31-17-5-2-15(3-6-17)25(29)30/h2-7,19-20,22-23H,8-13H2,1H3,(H2,29,30)/t19?,20?,22?,23?,26-/m0/s1. The molecule has 2 fully saturated rings. The predicted octanol–water partition coefficient (Wildman–Crippen LogP) is 5.10. The summed E-state index contributed by atoms with van der Waals surface area (Å²) < 4.78 is 21.2. The highest BCUT2D eigenvalue weighted by atomic mass is 19.1. The van der Waals surface area contributed by atoms with Crippen LogP contribution in [-0.4, -0.2) is 12.0 Å². The number of nitrogens with two attached hydrogens (primary N) is 1. The molecule has 5 heteroatoms. The summed E-state index contributed by atoms with van der Waals surface area (Å²) in [5, 5.41) is 9.18. The number of hydrogen-bond acceptors (Lipinski definition) is 3. The molecule has 5 rings (SSSR count). The molecule has 2 aromatic rings. The lowest BCUT2D eigenvalue weighted by molar-refractivity contribution is -0.0108. The largest absolute Gasteiger partial charge is 0.490 e. The monoisotopic (exact) mass is 418 g/mol. The van der Waals surface area contributed by atoms with Gasteiger partial charge in [-0.05, 0) is 97.7 Å². The van der Waals surface area contributed by atoms with Gasteiger partial charge in [0.05, 0.1) is 5.56 Å². The first kappa shape index (κ1) is 20.1. The van der Waals surface area contributed by atoms with Crippen LogP contribution in [0.4, 0.5) is 4.39 Å². The summed E-state index contributed by atoms with van der Waals surface area (Å²) in [4.78, 5) is 11.3. The summed E-state index contributed by atoms with van der Waals surface area (Å²) in [6, 6.07) is 12.7. The number of hydrogen-bond donors (Lipinski definition) is 1. The minimum absolute atomic E-state index is 0.0895. The van der Waals surface area contributed by atoms with Gasteiger partial charge in [0.15, 0.2) is 0 Å². The molecule has 4 unspecified atom stereocenters. The van der Waals surface area contributed by atoms with E-state index >= 15 is 0 Å². The van der Waals surface area contributed by atoms with Gasteiger partial charge in [-0.15, -0.1) is 0 Å². The zero-order valence-electron chi connectivity index (χ0n) is 17.7. The van der Waals surface area contributed by atoms with Crippen LogP contribution in [0.5, 0.6) is 5.75 Å². The Labute approximate surface area is 182 Å². The Morgan fingerprint density at radius 3 is 2.65 bits per heavy atom.